The van der Waals surface area contributed by atoms with Gasteiger partial charge in [-0.05, 0) is 55.3 Å². The summed E-state index contributed by atoms with van der Waals surface area (Å²) in [5.74, 6) is 0.427. The van der Waals surface area contributed by atoms with Crippen LogP contribution < -0.4 is 4.90 Å². The maximum atomic E-state index is 13.0. The highest BCUT2D eigenvalue weighted by Crippen LogP contribution is 2.26. The zero-order chi connectivity index (χ0) is 20.4. The van der Waals surface area contributed by atoms with Crippen molar-refractivity contribution in [1.82, 2.24) is 9.80 Å². The average Bonchev–Trinajstić information content (AvgIpc) is 3.30. The van der Waals surface area contributed by atoms with Crippen molar-refractivity contribution in [3.05, 3.63) is 51.7 Å². The second-order valence-corrected chi connectivity index (χ2v) is 9.02. The fraction of sp³-hybridized carbons (Fsp3) is 0.478. The van der Waals surface area contributed by atoms with Gasteiger partial charge in [-0.3, -0.25) is 9.59 Å². The number of carbonyl (C=O) groups excluding carboxylic acids is 2. The molecule has 154 valence electrons. The fourth-order valence-corrected chi connectivity index (χ4v) is 5.08. The van der Waals surface area contributed by atoms with Crippen molar-refractivity contribution in [1.29, 1.82) is 0 Å². The van der Waals surface area contributed by atoms with Crippen LogP contribution in [0.2, 0.25) is 0 Å². The van der Waals surface area contributed by atoms with Crippen molar-refractivity contribution in [2.75, 3.05) is 44.2 Å². The molecule has 2 amide bonds. The minimum atomic E-state index is 0.0506. The predicted octanol–water partition coefficient (Wildman–Crippen LogP) is 3.57. The predicted molar refractivity (Wildman–Crippen MR) is 118 cm³/mol. The summed E-state index contributed by atoms with van der Waals surface area (Å²) in [5, 5.41) is 1.93. The fourth-order valence-electron chi connectivity index (χ4n) is 4.39. The average molecular weight is 412 g/mol. The molecule has 2 aliphatic rings. The zero-order valence-corrected chi connectivity index (χ0v) is 18.1. The lowest BCUT2D eigenvalue weighted by molar-refractivity contribution is -0.137. The number of rotatable bonds is 3. The van der Waals surface area contributed by atoms with E-state index in [9.17, 15) is 9.59 Å². The summed E-state index contributed by atoms with van der Waals surface area (Å²) in [5.41, 5.74) is 3.93. The van der Waals surface area contributed by atoms with Gasteiger partial charge < -0.3 is 14.7 Å². The summed E-state index contributed by atoms with van der Waals surface area (Å²) >= 11 is 1.48. The highest BCUT2D eigenvalue weighted by Gasteiger charge is 2.32. The van der Waals surface area contributed by atoms with Gasteiger partial charge in [-0.25, -0.2) is 0 Å². The minimum Gasteiger partial charge on any atom is -0.368 e. The molecule has 0 atom stereocenters. The molecule has 0 saturated carbocycles. The van der Waals surface area contributed by atoms with Crippen LogP contribution >= 0.6 is 11.3 Å². The molecule has 6 heteroatoms. The van der Waals surface area contributed by atoms with Crippen molar-refractivity contribution < 1.29 is 9.59 Å². The number of carbonyl (C=O) groups is 2. The Bertz CT molecular complexity index is 864. The number of thiophene rings is 1. The number of nitrogens with zero attached hydrogens (tertiary/aromatic N) is 3. The van der Waals surface area contributed by atoms with E-state index in [1.165, 1.54) is 28.2 Å². The van der Waals surface area contributed by atoms with E-state index < -0.39 is 0 Å². The summed E-state index contributed by atoms with van der Waals surface area (Å²) in [7, 11) is 0. The Morgan fingerprint density at radius 3 is 2.28 bits per heavy atom. The zero-order valence-electron chi connectivity index (χ0n) is 17.3. The monoisotopic (exact) mass is 411 g/mol. The van der Waals surface area contributed by atoms with Gasteiger partial charge in [0.15, 0.2) is 0 Å². The van der Waals surface area contributed by atoms with Gasteiger partial charge in [0.1, 0.15) is 0 Å². The second-order valence-electron chi connectivity index (χ2n) is 8.08. The molecule has 2 fully saturated rings. The van der Waals surface area contributed by atoms with E-state index in [-0.39, 0.29) is 17.7 Å². The molecule has 2 saturated heterocycles. The molecule has 0 spiro atoms. The number of hydrogen-bond donors (Lipinski definition) is 0. The van der Waals surface area contributed by atoms with Gasteiger partial charge in [0.25, 0.3) is 5.91 Å². The Hall–Kier alpha value is -2.34. The Morgan fingerprint density at radius 1 is 0.897 bits per heavy atom. The lowest BCUT2D eigenvalue weighted by atomic mass is 9.94. The van der Waals surface area contributed by atoms with Crippen LogP contribution in [0.5, 0.6) is 0 Å². The van der Waals surface area contributed by atoms with Gasteiger partial charge in [-0.15, -0.1) is 11.3 Å². The third kappa shape index (κ3) is 4.17. The third-order valence-corrected chi connectivity index (χ3v) is 7.23. The molecule has 4 rings (SSSR count). The second kappa shape index (κ2) is 8.57. The minimum absolute atomic E-state index is 0.0506. The quantitative estimate of drug-likeness (QED) is 0.776. The van der Waals surface area contributed by atoms with Crippen LogP contribution in [0.25, 0.3) is 0 Å². The molecule has 2 aromatic rings. The van der Waals surface area contributed by atoms with Crippen LogP contribution in [0, 0.1) is 19.8 Å². The van der Waals surface area contributed by atoms with E-state index in [1.54, 1.807) is 0 Å². The molecular formula is C23H29N3O2S. The summed E-state index contributed by atoms with van der Waals surface area (Å²) in [4.78, 5) is 32.6. The Kier molecular flexibility index (Phi) is 5.90. The first-order chi connectivity index (χ1) is 14.0. The van der Waals surface area contributed by atoms with Crippen LogP contribution in [0.15, 0.2) is 35.7 Å². The van der Waals surface area contributed by atoms with Crippen LogP contribution in [0.4, 0.5) is 5.69 Å². The first kappa shape index (κ1) is 20.0. The standard InChI is InChI=1S/C23H29N3O2S/c1-17-5-3-6-20(18(17)2)24-12-14-26(15-13-24)22(27)19-8-10-25(11-9-19)23(28)21-7-4-16-29-21/h3-7,16,19H,8-15H2,1-2H3. The number of piperidine rings is 1. The van der Waals surface area contributed by atoms with Crippen molar-refractivity contribution in [2.45, 2.75) is 26.7 Å². The van der Waals surface area contributed by atoms with Gasteiger partial charge in [0.2, 0.25) is 5.91 Å². The summed E-state index contributed by atoms with van der Waals surface area (Å²) in [6.45, 7) is 8.99. The maximum absolute atomic E-state index is 13.0. The van der Waals surface area contributed by atoms with E-state index in [2.05, 4.69) is 36.9 Å². The summed E-state index contributed by atoms with van der Waals surface area (Å²) in [6.07, 6.45) is 1.54. The normalized spacial score (nSPS) is 18.2. The number of piperazine rings is 1. The first-order valence-corrected chi connectivity index (χ1v) is 11.4. The van der Waals surface area contributed by atoms with Crippen molar-refractivity contribution in [2.24, 2.45) is 5.92 Å². The molecule has 0 radical (unpaired) electrons. The molecule has 29 heavy (non-hydrogen) atoms. The Balaban J connectivity index is 1.29. The molecule has 3 heterocycles. The van der Waals surface area contributed by atoms with Gasteiger partial charge in [-0.1, -0.05) is 18.2 Å². The molecule has 1 aromatic heterocycles. The Labute approximate surface area is 176 Å². The number of aryl methyl sites for hydroxylation is 1. The molecule has 1 aromatic carbocycles. The smallest absolute Gasteiger partial charge is 0.263 e. The SMILES string of the molecule is Cc1cccc(N2CCN(C(=O)C3CCN(C(=O)c4cccs4)CC3)CC2)c1C. The summed E-state index contributed by atoms with van der Waals surface area (Å²) in [6, 6.07) is 10.2. The van der Waals surface area contributed by atoms with E-state index in [1.807, 2.05) is 27.3 Å². The number of amides is 2. The lowest BCUT2D eigenvalue weighted by Crippen LogP contribution is -2.52. The molecule has 0 bridgehead atoms. The van der Waals surface area contributed by atoms with Crippen molar-refractivity contribution >= 4 is 28.8 Å². The Morgan fingerprint density at radius 2 is 1.62 bits per heavy atom. The van der Waals surface area contributed by atoms with Crippen molar-refractivity contribution in [3.8, 4) is 0 Å². The third-order valence-electron chi connectivity index (χ3n) is 6.37. The highest BCUT2D eigenvalue weighted by molar-refractivity contribution is 7.12. The van der Waals surface area contributed by atoms with E-state index >= 15 is 0 Å². The van der Waals surface area contributed by atoms with Gasteiger partial charge in [0.05, 0.1) is 4.88 Å². The first-order valence-electron chi connectivity index (χ1n) is 10.5. The molecular weight excluding hydrogens is 382 g/mol. The number of hydrogen-bond acceptors (Lipinski definition) is 4. The lowest BCUT2D eigenvalue weighted by Gasteiger charge is -2.39. The maximum Gasteiger partial charge on any atom is 0.263 e. The molecule has 0 N–H and O–H groups in total. The van der Waals surface area contributed by atoms with Gasteiger partial charge in [0, 0.05) is 50.9 Å². The van der Waals surface area contributed by atoms with Gasteiger partial charge >= 0.3 is 0 Å². The van der Waals surface area contributed by atoms with E-state index in [0.717, 1.165) is 43.9 Å². The highest BCUT2D eigenvalue weighted by atomic mass is 32.1. The summed E-state index contributed by atoms with van der Waals surface area (Å²) < 4.78 is 0. The molecule has 2 aliphatic heterocycles. The molecule has 5 nitrogen and oxygen atoms in total. The van der Waals surface area contributed by atoms with E-state index in [4.69, 9.17) is 0 Å². The van der Waals surface area contributed by atoms with Crippen LogP contribution in [0.3, 0.4) is 0 Å². The van der Waals surface area contributed by atoms with Crippen LogP contribution in [-0.4, -0.2) is 60.9 Å². The van der Waals surface area contributed by atoms with E-state index in [0.29, 0.717) is 13.1 Å². The van der Waals surface area contributed by atoms with Crippen LogP contribution in [0.1, 0.15) is 33.6 Å². The molecule has 0 unspecified atom stereocenters. The molecule has 0 aliphatic carbocycles. The topological polar surface area (TPSA) is 43.9 Å². The van der Waals surface area contributed by atoms with Gasteiger partial charge in [-0.2, -0.15) is 0 Å². The largest absolute Gasteiger partial charge is 0.368 e. The van der Waals surface area contributed by atoms with Crippen molar-refractivity contribution in [3.63, 3.8) is 0 Å². The number of benzene rings is 1. The number of likely N-dealkylation sites (tertiary alicyclic amines) is 1. The van der Waals surface area contributed by atoms with Crippen LogP contribution in [-0.2, 0) is 4.79 Å². The number of anilines is 1.